The van der Waals surface area contributed by atoms with Gasteiger partial charge in [-0.05, 0) is 36.2 Å². The van der Waals surface area contributed by atoms with Gasteiger partial charge in [0.05, 0.1) is 11.9 Å². The molecule has 0 saturated heterocycles. The van der Waals surface area contributed by atoms with E-state index in [2.05, 4.69) is 24.4 Å². The number of hydrogen-bond acceptors (Lipinski definition) is 5. The predicted octanol–water partition coefficient (Wildman–Crippen LogP) is 2.38. The van der Waals surface area contributed by atoms with Crippen LogP contribution in [0.3, 0.4) is 0 Å². The summed E-state index contributed by atoms with van der Waals surface area (Å²) < 4.78 is 3.67. The third-order valence-electron chi connectivity index (χ3n) is 4.68. The smallest absolute Gasteiger partial charge is 0.262 e. The zero-order chi connectivity index (χ0) is 19.2. The van der Waals surface area contributed by atoms with Crippen molar-refractivity contribution in [2.45, 2.75) is 26.1 Å². The number of aromatic nitrogens is 5. The molecule has 7 heteroatoms. The second-order valence-electron chi connectivity index (χ2n) is 6.74. The van der Waals surface area contributed by atoms with Gasteiger partial charge in [-0.3, -0.25) is 19.1 Å². The number of aryl methyl sites for hydroxylation is 1. The second kappa shape index (κ2) is 8.58. The van der Waals surface area contributed by atoms with E-state index in [0.717, 1.165) is 26.1 Å². The van der Waals surface area contributed by atoms with Gasteiger partial charge in [-0.1, -0.05) is 6.07 Å². The van der Waals surface area contributed by atoms with Crippen molar-refractivity contribution in [1.29, 1.82) is 0 Å². The van der Waals surface area contributed by atoms with Crippen LogP contribution in [0.25, 0.3) is 5.65 Å². The number of rotatable bonds is 8. The van der Waals surface area contributed by atoms with E-state index >= 15 is 0 Å². The monoisotopic (exact) mass is 374 g/mol. The van der Waals surface area contributed by atoms with Gasteiger partial charge in [-0.15, -0.1) is 0 Å². The summed E-state index contributed by atoms with van der Waals surface area (Å²) in [6, 6.07) is 9.58. The SMILES string of the molecule is O=c1c(CN(CCCn2ccnc2)Cc2ccncc2)cnc2ccccn12. The number of nitrogens with zero attached hydrogens (tertiary/aromatic N) is 6. The highest BCUT2D eigenvalue weighted by atomic mass is 16.1. The van der Waals surface area contributed by atoms with E-state index in [9.17, 15) is 4.79 Å². The van der Waals surface area contributed by atoms with Crippen molar-refractivity contribution >= 4 is 5.65 Å². The first-order valence-electron chi connectivity index (χ1n) is 9.32. The minimum absolute atomic E-state index is 0.0139. The molecule has 0 aliphatic carbocycles. The van der Waals surface area contributed by atoms with Gasteiger partial charge in [-0.25, -0.2) is 9.97 Å². The summed E-state index contributed by atoms with van der Waals surface area (Å²) in [6.07, 6.45) is 13.6. The molecule has 0 saturated carbocycles. The van der Waals surface area contributed by atoms with Gasteiger partial charge in [-0.2, -0.15) is 0 Å². The molecule has 4 aromatic rings. The Morgan fingerprint density at radius 1 is 0.964 bits per heavy atom. The zero-order valence-corrected chi connectivity index (χ0v) is 15.6. The van der Waals surface area contributed by atoms with Crippen LogP contribution in [-0.2, 0) is 19.6 Å². The van der Waals surface area contributed by atoms with Crippen LogP contribution in [0.1, 0.15) is 17.5 Å². The second-order valence-corrected chi connectivity index (χ2v) is 6.74. The number of pyridine rings is 2. The predicted molar refractivity (Wildman–Crippen MR) is 107 cm³/mol. The highest BCUT2D eigenvalue weighted by Gasteiger charge is 2.12. The molecule has 28 heavy (non-hydrogen) atoms. The van der Waals surface area contributed by atoms with Crippen molar-refractivity contribution in [3.63, 3.8) is 0 Å². The lowest BCUT2D eigenvalue weighted by Crippen LogP contribution is -2.29. The highest BCUT2D eigenvalue weighted by Crippen LogP contribution is 2.09. The molecule has 142 valence electrons. The fourth-order valence-corrected chi connectivity index (χ4v) is 3.27. The first-order valence-corrected chi connectivity index (χ1v) is 9.32. The van der Waals surface area contributed by atoms with Crippen LogP contribution in [0, 0.1) is 0 Å². The average Bonchev–Trinajstić information content (AvgIpc) is 3.24. The third kappa shape index (κ3) is 4.32. The minimum atomic E-state index is -0.0139. The molecular weight excluding hydrogens is 352 g/mol. The summed E-state index contributed by atoms with van der Waals surface area (Å²) in [4.78, 5) is 27.7. The standard InChI is InChI=1S/C21H22N6O/c28-21-19(14-24-20-4-1-2-12-27(20)21)16-26(15-18-5-7-22-8-6-18)11-3-10-25-13-9-23-17-25/h1-2,4-9,12-14,17H,3,10-11,15-16H2. The summed E-state index contributed by atoms with van der Waals surface area (Å²) >= 11 is 0. The molecule has 0 aliphatic rings. The molecule has 0 fully saturated rings. The van der Waals surface area contributed by atoms with Crippen LogP contribution in [0.5, 0.6) is 0 Å². The molecule has 4 aromatic heterocycles. The lowest BCUT2D eigenvalue weighted by atomic mass is 10.2. The first kappa shape index (κ1) is 18.1. The van der Waals surface area contributed by atoms with Crippen LogP contribution in [0.4, 0.5) is 0 Å². The van der Waals surface area contributed by atoms with Crippen molar-refractivity contribution in [1.82, 2.24) is 28.8 Å². The van der Waals surface area contributed by atoms with Gasteiger partial charge < -0.3 is 4.57 Å². The molecule has 0 aromatic carbocycles. The van der Waals surface area contributed by atoms with E-state index in [0.29, 0.717) is 17.8 Å². The maximum absolute atomic E-state index is 12.9. The average molecular weight is 374 g/mol. The molecule has 0 aliphatic heterocycles. The molecule has 0 radical (unpaired) electrons. The van der Waals surface area contributed by atoms with Gasteiger partial charge in [0.1, 0.15) is 5.65 Å². The van der Waals surface area contributed by atoms with Crippen LogP contribution in [-0.4, -0.2) is 35.4 Å². The minimum Gasteiger partial charge on any atom is -0.337 e. The van der Waals surface area contributed by atoms with Crippen LogP contribution >= 0.6 is 0 Å². The van der Waals surface area contributed by atoms with Crippen molar-refractivity contribution < 1.29 is 0 Å². The molecule has 0 atom stereocenters. The van der Waals surface area contributed by atoms with Crippen LogP contribution in [0.2, 0.25) is 0 Å². The van der Waals surface area contributed by atoms with Crippen LogP contribution in [0.15, 0.2) is 78.6 Å². The van der Waals surface area contributed by atoms with Crippen molar-refractivity contribution in [2.75, 3.05) is 6.54 Å². The lowest BCUT2D eigenvalue weighted by molar-refractivity contribution is 0.247. The Balaban J connectivity index is 1.52. The van der Waals surface area contributed by atoms with E-state index in [1.807, 2.05) is 42.9 Å². The zero-order valence-electron chi connectivity index (χ0n) is 15.6. The Kier molecular flexibility index (Phi) is 5.53. The summed E-state index contributed by atoms with van der Waals surface area (Å²) in [7, 11) is 0. The van der Waals surface area contributed by atoms with E-state index in [1.54, 1.807) is 35.4 Å². The Hall–Kier alpha value is -3.32. The van der Waals surface area contributed by atoms with E-state index < -0.39 is 0 Å². The van der Waals surface area contributed by atoms with Crippen molar-refractivity contribution in [2.24, 2.45) is 0 Å². The van der Waals surface area contributed by atoms with Gasteiger partial charge in [0, 0.05) is 63.4 Å². The van der Waals surface area contributed by atoms with E-state index in [4.69, 9.17) is 0 Å². The lowest BCUT2D eigenvalue weighted by Gasteiger charge is -2.22. The van der Waals surface area contributed by atoms with Gasteiger partial charge in [0.2, 0.25) is 0 Å². The fourth-order valence-electron chi connectivity index (χ4n) is 3.27. The summed E-state index contributed by atoms with van der Waals surface area (Å²) in [5, 5.41) is 0. The number of imidazole rings is 1. The Labute approximate surface area is 162 Å². The molecule has 4 rings (SSSR count). The Morgan fingerprint density at radius 3 is 2.68 bits per heavy atom. The molecule has 0 N–H and O–H groups in total. The van der Waals surface area contributed by atoms with E-state index in [-0.39, 0.29) is 5.56 Å². The van der Waals surface area contributed by atoms with E-state index in [1.165, 1.54) is 5.56 Å². The molecule has 4 heterocycles. The van der Waals surface area contributed by atoms with Gasteiger partial charge >= 0.3 is 0 Å². The Morgan fingerprint density at radius 2 is 1.86 bits per heavy atom. The summed E-state index contributed by atoms with van der Waals surface area (Å²) in [5.41, 5.74) is 2.52. The molecule has 0 amide bonds. The summed E-state index contributed by atoms with van der Waals surface area (Å²) in [5.74, 6) is 0. The molecule has 7 nitrogen and oxygen atoms in total. The largest absolute Gasteiger partial charge is 0.337 e. The molecular formula is C21H22N6O. The molecule has 0 bridgehead atoms. The molecule has 0 spiro atoms. The van der Waals surface area contributed by atoms with Crippen molar-refractivity contribution in [3.05, 3.63) is 95.3 Å². The summed E-state index contributed by atoms with van der Waals surface area (Å²) in [6.45, 7) is 3.05. The Bertz CT molecular complexity index is 1070. The van der Waals surface area contributed by atoms with Gasteiger partial charge in [0.15, 0.2) is 0 Å². The van der Waals surface area contributed by atoms with Crippen molar-refractivity contribution in [3.8, 4) is 0 Å². The van der Waals surface area contributed by atoms with Gasteiger partial charge in [0.25, 0.3) is 5.56 Å². The third-order valence-corrected chi connectivity index (χ3v) is 4.68. The quantitative estimate of drug-likeness (QED) is 0.474. The maximum Gasteiger partial charge on any atom is 0.262 e. The first-order chi connectivity index (χ1) is 13.8. The topological polar surface area (TPSA) is 68.3 Å². The van der Waals surface area contributed by atoms with Crippen LogP contribution < -0.4 is 5.56 Å². The number of fused-ring (bicyclic) bond motifs is 1. The maximum atomic E-state index is 12.9. The molecule has 0 unspecified atom stereocenters. The highest BCUT2D eigenvalue weighted by molar-refractivity contribution is 5.37. The normalized spacial score (nSPS) is 11.3. The number of hydrogen-bond donors (Lipinski definition) is 0. The fraction of sp³-hybridized carbons (Fsp3) is 0.238.